The van der Waals surface area contributed by atoms with Gasteiger partial charge in [-0.1, -0.05) is 17.3 Å². The number of anilines is 1. The monoisotopic (exact) mass is 431 g/mol. The largest absolute Gasteiger partial charge is 0.435 e. The molecule has 0 fully saturated rings. The lowest BCUT2D eigenvalue weighted by atomic mass is 10.2. The van der Waals surface area contributed by atoms with Crippen molar-refractivity contribution >= 4 is 11.6 Å². The number of aromatic nitrogens is 6. The summed E-state index contributed by atoms with van der Waals surface area (Å²) in [5.74, 6) is -1.22. The van der Waals surface area contributed by atoms with Gasteiger partial charge < -0.3 is 9.88 Å². The zero-order chi connectivity index (χ0) is 22.2. The fraction of sp³-hybridized carbons (Fsp3) is 0.105. The van der Waals surface area contributed by atoms with Crippen LogP contribution < -0.4 is 5.32 Å². The molecule has 2 aromatic carbocycles. The quantitative estimate of drug-likeness (QED) is 0.500. The molecule has 4 aromatic rings. The Bertz CT molecular complexity index is 1240. The summed E-state index contributed by atoms with van der Waals surface area (Å²) in [6.07, 6.45) is -3.45. The molecule has 0 saturated heterocycles. The highest BCUT2D eigenvalue weighted by Gasteiger charge is 2.42. The number of aryl methyl sites for hydroxylation is 1. The molecule has 0 spiro atoms. The Hall–Kier alpha value is -4.09. The van der Waals surface area contributed by atoms with Gasteiger partial charge in [0, 0.05) is 18.3 Å². The maximum Gasteiger partial charge on any atom is 0.435 e. The highest BCUT2D eigenvalue weighted by Crippen LogP contribution is 2.33. The Balaban J connectivity index is 1.68. The van der Waals surface area contributed by atoms with Crippen molar-refractivity contribution in [3.63, 3.8) is 0 Å². The van der Waals surface area contributed by atoms with Crippen molar-refractivity contribution < 1.29 is 22.4 Å². The summed E-state index contributed by atoms with van der Waals surface area (Å²) >= 11 is 0. The van der Waals surface area contributed by atoms with E-state index in [9.17, 15) is 22.4 Å². The Morgan fingerprint density at radius 3 is 2.45 bits per heavy atom. The topological polar surface area (TPSA) is 90.5 Å². The summed E-state index contributed by atoms with van der Waals surface area (Å²) < 4.78 is 56.4. The van der Waals surface area contributed by atoms with Crippen molar-refractivity contribution in [2.75, 3.05) is 5.32 Å². The van der Waals surface area contributed by atoms with Gasteiger partial charge in [-0.3, -0.25) is 4.79 Å². The van der Waals surface area contributed by atoms with Crippen LogP contribution in [-0.2, 0) is 13.2 Å². The third kappa shape index (κ3) is 3.99. The van der Waals surface area contributed by atoms with Gasteiger partial charge in [0.1, 0.15) is 12.1 Å². The molecule has 31 heavy (non-hydrogen) atoms. The van der Waals surface area contributed by atoms with Gasteiger partial charge in [-0.05, 0) is 36.4 Å². The van der Waals surface area contributed by atoms with E-state index in [2.05, 4.69) is 25.8 Å². The summed E-state index contributed by atoms with van der Waals surface area (Å²) in [5.41, 5.74) is -1.55. The number of halogens is 4. The number of alkyl halides is 3. The molecule has 0 bridgehead atoms. The maximum atomic E-state index is 13.7. The van der Waals surface area contributed by atoms with Crippen LogP contribution in [0.4, 0.5) is 23.2 Å². The molecule has 0 aliphatic rings. The van der Waals surface area contributed by atoms with Crippen LogP contribution in [0.1, 0.15) is 16.2 Å². The predicted octanol–water partition coefficient (Wildman–Crippen LogP) is 3.47. The number of nitrogens with one attached hydrogen (secondary N) is 1. The number of carbonyl (C=O) groups excluding carboxylic acids is 1. The maximum absolute atomic E-state index is 13.7. The van der Waals surface area contributed by atoms with E-state index in [0.29, 0.717) is 16.1 Å². The van der Waals surface area contributed by atoms with E-state index in [-0.39, 0.29) is 11.4 Å². The van der Waals surface area contributed by atoms with Gasteiger partial charge in [0.15, 0.2) is 17.2 Å². The van der Waals surface area contributed by atoms with E-state index < -0.39 is 29.3 Å². The van der Waals surface area contributed by atoms with E-state index >= 15 is 0 Å². The number of amides is 1. The molecule has 0 saturated carbocycles. The molecule has 0 aliphatic carbocycles. The van der Waals surface area contributed by atoms with Crippen molar-refractivity contribution in [3.8, 4) is 17.1 Å². The summed E-state index contributed by atoms with van der Waals surface area (Å²) in [6.45, 7) is 0. The number of benzene rings is 2. The average Bonchev–Trinajstić information content (AvgIpc) is 3.35. The Morgan fingerprint density at radius 2 is 1.81 bits per heavy atom. The van der Waals surface area contributed by atoms with Gasteiger partial charge in [-0.25, -0.2) is 9.07 Å². The number of rotatable bonds is 4. The minimum Gasteiger partial charge on any atom is -0.321 e. The normalized spacial score (nSPS) is 11.5. The second-order valence-electron chi connectivity index (χ2n) is 6.47. The SMILES string of the molecule is Cn1cnnc1-c1cccc(NC(=O)c2nnn(-c3ccc(F)cc3)c2C(F)(F)F)c1. The van der Waals surface area contributed by atoms with Crippen LogP contribution in [0.25, 0.3) is 17.1 Å². The molecule has 0 aliphatic heterocycles. The molecule has 2 aromatic heterocycles. The van der Waals surface area contributed by atoms with Crippen LogP contribution in [0.5, 0.6) is 0 Å². The zero-order valence-corrected chi connectivity index (χ0v) is 15.8. The van der Waals surface area contributed by atoms with E-state index in [1.54, 1.807) is 29.8 Å². The van der Waals surface area contributed by atoms with Crippen molar-refractivity contribution in [2.45, 2.75) is 6.18 Å². The Morgan fingerprint density at radius 1 is 1.06 bits per heavy atom. The molecule has 8 nitrogen and oxygen atoms in total. The van der Waals surface area contributed by atoms with E-state index in [0.717, 1.165) is 24.3 Å². The van der Waals surface area contributed by atoms with Gasteiger partial charge in [0.2, 0.25) is 0 Å². The predicted molar refractivity (Wildman–Crippen MR) is 101 cm³/mol. The standard InChI is InChI=1S/C19H13F4N7O/c1-29-10-24-27-17(29)11-3-2-4-13(9-11)25-18(31)15-16(19(21,22)23)30(28-26-15)14-7-5-12(20)6-8-14/h2-10H,1H3,(H,25,31). The number of hydrogen-bond donors (Lipinski definition) is 1. The molecule has 158 valence electrons. The highest BCUT2D eigenvalue weighted by atomic mass is 19.4. The third-order valence-electron chi connectivity index (χ3n) is 4.32. The lowest BCUT2D eigenvalue weighted by Gasteiger charge is -2.11. The van der Waals surface area contributed by atoms with Gasteiger partial charge in [-0.15, -0.1) is 15.3 Å². The summed E-state index contributed by atoms with van der Waals surface area (Å²) in [4.78, 5) is 12.6. The van der Waals surface area contributed by atoms with Crippen LogP contribution in [0.15, 0.2) is 54.9 Å². The summed E-state index contributed by atoms with van der Waals surface area (Å²) in [6, 6.07) is 10.5. The molecule has 0 atom stereocenters. The van der Waals surface area contributed by atoms with Gasteiger partial charge in [-0.2, -0.15) is 13.2 Å². The van der Waals surface area contributed by atoms with Crippen LogP contribution >= 0.6 is 0 Å². The number of carbonyl (C=O) groups is 1. The van der Waals surface area contributed by atoms with E-state index in [4.69, 9.17) is 0 Å². The Kier molecular flexibility index (Phi) is 4.97. The molecule has 2 heterocycles. The van der Waals surface area contributed by atoms with Crippen LogP contribution in [0, 0.1) is 5.82 Å². The van der Waals surface area contributed by atoms with Gasteiger partial charge in [0.05, 0.1) is 5.69 Å². The first-order valence-electron chi connectivity index (χ1n) is 8.78. The van der Waals surface area contributed by atoms with Gasteiger partial charge in [0.25, 0.3) is 5.91 Å². The molecule has 12 heteroatoms. The fourth-order valence-electron chi connectivity index (χ4n) is 2.92. The first-order valence-corrected chi connectivity index (χ1v) is 8.78. The molecule has 1 amide bonds. The number of hydrogen-bond acceptors (Lipinski definition) is 5. The first-order chi connectivity index (χ1) is 14.7. The first kappa shape index (κ1) is 20.2. The minimum atomic E-state index is -4.94. The fourth-order valence-corrected chi connectivity index (χ4v) is 2.92. The lowest BCUT2D eigenvalue weighted by Crippen LogP contribution is -2.21. The number of nitrogens with zero attached hydrogens (tertiary/aromatic N) is 6. The van der Waals surface area contributed by atoms with Crippen molar-refractivity contribution in [1.29, 1.82) is 0 Å². The third-order valence-corrected chi connectivity index (χ3v) is 4.32. The van der Waals surface area contributed by atoms with Crippen LogP contribution in [0.3, 0.4) is 0 Å². The lowest BCUT2D eigenvalue weighted by molar-refractivity contribution is -0.143. The van der Waals surface area contributed by atoms with Crippen LogP contribution in [0.2, 0.25) is 0 Å². The molecule has 4 rings (SSSR count). The average molecular weight is 431 g/mol. The van der Waals surface area contributed by atoms with E-state index in [1.807, 2.05) is 0 Å². The Labute approximate surface area is 172 Å². The molecule has 0 radical (unpaired) electrons. The summed E-state index contributed by atoms with van der Waals surface area (Å²) in [7, 11) is 1.73. The van der Waals surface area contributed by atoms with Crippen molar-refractivity contribution in [3.05, 3.63) is 72.1 Å². The molecule has 0 unspecified atom stereocenters. The highest BCUT2D eigenvalue weighted by molar-refractivity contribution is 6.04. The molecule has 1 N–H and O–H groups in total. The second-order valence-corrected chi connectivity index (χ2v) is 6.47. The molecular weight excluding hydrogens is 418 g/mol. The zero-order valence-electron chi connectivity index (χ0n) is 15.8. The van der Waals surface area contributed by atoms with Crippen molar-refractivity contribution in [1.82, 2.24) is 29.8 Å². The van der Waals surface area contributed by atoms with Crippen LogP contribution in [-0.4, -0.2) is 35.7 Å². The van der Waals surface area contributed by atoms with Gasteiger partial charge >= 0.3 is 6.18 Å². The molecular formula is C19H13F4N7O. The minimum absolute atomic E-state index is 0.0930. The van der Waals surface area contributed by atoms with E-state index in [1.165, 1.54) is 12.4 Å². The second kappa shape index (κ2) is 7.63. The smallest absolute Gasteiger partial charge is 0.321 e. The summed E-state index contributed by atoms with van der Waals surface area (Å²) in [5, 5.41) is 17.0. The van der Waals surface area contributed by atoms with Crippen molar-refractivity contribution in [2.24, 2.45) is 7.05 Å².